The molecule has 1 saturated heterocycles. The first-order chi connectivity index (χ1) is 7.84. The van der Waals surface area contributed by atoms with Gasteiger partial charge in [-0.1, -0.05) is 36.4 Å². The molecular formula is C15H19N. The Kier molecular flexibility index (Phi) is 2.56. The quantitative estimate of drug-likeness (QED) is 0.693. The molecule has 2 aliphatic rings. The van der Waals surface area contributed by atoms with Crippen LogP contribution in [-0.4, -0.2) is 25.0 Å². The molecule has 0 N–H and O–H groups in total. The highest BCUT2D eigenvalue weighted by Gasteiger charge is 2.35. The van der Waals surface area contributed by atoms with Crippen LogP contribution in [0.15, 0.2) is 36.4 Å². The lowest BCUT2D eigenvalue weighted by molar-refractivity contribution is 0.388. The van der Waals surface area contributed by atoms with Crippen LogP contribution < -0.4 is 0 Å². The van der Waals surface area contributed by atoms with E-state index in [0.29, 0.717) is 0 Å². The maximum absolute atomic E-state index is 2.48. The van der Waals surface area contributed by atoms with Gasteiger partial charge in [0.25, 0.3) is 0 Å². The van der Waals surface area contributed by atoms with Gasteiger partial charge in [0.1, 0.15) is 0 Å². The third-order valence-electron chi connectivity index (χ3n) is 4.03. The van der Waals surface area contributed by atoms with Crippen LogP contribution in [-0.2, 0) is 0 Å². The molecule has 16 heavy (non-hydrogen) atoms. The SMILES string of the molecule is CN1CC2CCC=C(c3ccccc3)C2C1. The zero-order valence-corrected chi connectivity index (χ0v) is 9.89. The van der Waals surface area contributed by atoms with Gasteiger partial charge in [-0.05, 0) is 36.9 Å². The molecule has 84 valence electrons. The minimum absolute atomic E-state index is 0.779. The van der Waals surface area contributed by atoms with E-state index in [1.165, 1.54) is 31.5 Å². The molecule has 2 unspecified atom stereocenters. The summed E-state index contributed by atoms with van der Waals surface area (Å²) in [6.45, 7) is 2.53. The van der Waals surface area contributed by atoms with Crippen LogP contribution >= 0.6 is 0 Å². The van der Waals surface area contributed by atoms with Crippen LogP contribution in [0.25, 0.3) is 5.57 Å². The summed E-state index contributed by atoms with van der Waals surface area (Å²) in [4.78, 5) is 2.48. The van der Waals surface area contributed by atoms with E-state index in [1.807, 2.05) is 0 Å². The maximum atomic E-state index is 2.48. The van der Waals surface area contributed by atoms with Crippen LogP contribution in [0.1, 0.15) is 18.4 Å². The molecule has 1 aliphatic carbocycles. The Morgan fingerprint density at radius 2 is 1.94 bits per heavy atom. The van der Waals surface area contributed by atoms with E-state index in [2.05, 4.69) is 48.4 Å². The highest BCUT2D eigenvalue weighted by atomic mass is 15.1. The van der Waals surface area contributed by atoms with Gasteiger partial charge in [0.2, 0.25) is 0 Å². The number of fused-ring (bicyclic) bond motifs is 1. The lowest BCUT2D eigenvalue weighted by atomic mass is 9.78. The van der Waals surface area contributed by atoms with Gasteiger partial charge >= 0.3 is 0 Å². The van der Waals surface area contributed by atoms with Gasteiger partial charge in [0, 0.05) is 19.0 Å². The Hall–Kier alpha value is -1.08. The molecule has 0 amide bonds. The van der Waals surface area contributed by atoms with Crippen molar-refractivity contribution >= 4 is 5.57 Å². The third kappa shape index (κ3) is 1.69. The molecule has 1 heteroatoms. The Morgan fingerprint density at radius 3 is 2.75 bits per heavy atom. The van der Waals surface area contributed by atoms with E-state index < -0.39 is 0 Å². The Balaban J connectivity index is 1.93. The fourth-order valence-corrected chi connectivity index (χ4v) is 3.30. The van der Waals surface area contributed by atoms with E-state index in [0.717, 1.165) is 11.8 Å². The van der Waals surface area contributed by atoms with Gasteiger partial charge in [0.15, 0.2) is 0 Å². The number of likely N-dealkylation sites (tertiary alicyclic amines) is 1. The summed E-state index contributed by atoms with van der Waals surface area (Å²) in [6.07, 6.45) is 5.11. The number of hydrogen-bond acceptors (Lipinski definition) is 1. The van der Waals surface area contributed by atoms with Crippen LogP contribution in [0, 0.1) is 11.8 Å². The number of rotatable bonds is 1. The van der Waals surface area contributed by atoms with E-state index in [1.54, 1.807) is 5.57 Å². The van der Waals surface area contributed by atoms with E-state index >= 15 is 0 Å². The molecule has 1 fully saturated rings. The second-order valence-corrected chi connectivity index (χ2v) is 5.19. The fourth-order valence-electron chi connectivity index (χ4n) is 3.30. The molecule has 1 heterocycles. The van der Waals surface area contributed by atoms with E-state index in [9.17, 15) is 0 Å². The molecule has 1 aromatic rings. The first kappa shape index (κ1) is 10.1. The predicted octanol–water partition coefficient (Wildman–Crippen LogP) is 3.04. The van der Waals surface area contributed by atoms with Crippen molar-refractivity contribution in [3.63, 3.8) is 0 Å². The summed E-state index contributed by atoms with van der Waals surface area (Å²) in [6, 6.07) is 10.9. The van der Waals surface area contributed by atoms with E-state index in [4.69, 9.17) is 0 Å². The summed E-state index contributed by atoms with van der Waals surface area (Å²) in [7, 11) is 2.25. The summed E-state index contributed by atoms with van der Waals surface area (Å²) >= 11 is 0. The largest absolute Gasteiger partial charge is 0.305 e. The minimum atomic E-state index is 0.779. The average Bonchev–Trinajstić information content (AvgIpc) is 2.70. The predicted molar refractivity (Wildman–Crippen MR) is 68.1 cm³/mol. The number of allylic oxidation sites excluding steroid dienone is 1. The van der Waals surface area contributed by atoms with Gasteiger partial charge in [-0.2, -0.15) is 0 Å². The normalized spacial score (nSPS) is 29.9. The lowest BCUT2D eigenvalue weighted by Crippen LogP contribution is -2.17. The van der Waals surface area contributed by atoms with Gasteiger partial charge in [0.05, 0.1) is 0 Å². The lowest BCUT2D eigenvalue weighted by Gasteiger charge is -2.26. The number of nitrogens with zero attached hydrogens (tertiary/aromatic N) is 1. The van der Waals surface area contributed by atoms with Gasteiger partial charge in [-0.3, -0.25) is 0 Å². The Morgan fingerprint density at radius 1 is 1.12 bits per heavy atom. The second-order valence-electron chi connectivity index (χ2n) is 5.19. The molecule has 0 saturated carbocycles. The standard InChI is InChI=1S/C15H19N/c1-16-10-13-8-5-9-14(15(13)11-16)12-6-3-2-4-7-12/h2-4,6-7,9,13,15H,5,8,10-11H2,1H3. The zero-order chi connectivity index (χ0) is 11.0. The molecule has 1 aliphatic heterocycles. The third-order valence-corrected chi connectivity index (χ3v) is 4.03. The maximum Gasteiger partial charge on any atom is 0.00506 e. The molecule has 0 bridgehead atoms. The molecule has 3 rings (SSSR count). The first-order valence-electron chi connectivity index (χ1n) is 6.28. The Bertz CT molecular complexity index is 393. The highest BCUT2D eigenvalue weighted by Crippen LogP contribution is 2.40. The van der Waals surface area contributed by atoms with Crippen molar-refractivity contribution in [3.8, 4) is 0 Å². The van der Waals surface area contributed by atoms with Crippen molar-refractivity contribution < 1.29 is 0 Å². The highest BCUT2D eigenvalue weighted by molar-refractivity contribution is 5.68. The molecule has 2 atom stereocenters. The number of hydrogen-bond donors (Lipinski definition) is 0. The monoisotopic (exact) mass is 213 g/mol. The molecule has 0 aromatic heterocycles. The summed E-state index contributed by atoms with van der Waals surface area (Å²) in [5, 5.41) is 0. The molecule has 1 nitrogen and oxygen atoms in total. The van der Waals surface area contributed by atoms with Gasteiger partial charge < -0.3 is 4.90 Å². The molecule has 0 radical (unpaired) electrons. The second kappa shape index (κ2) is 4.06. The summed E-state index contributed by atoms with van der Waals surface area (Å²) in [5.41, 5.74) is 3.04. The molecule has 1 aromatic carbocycles. The van der Waals surface area contributed by atoms with Gasteiger partial charge in [-0.25, -0.2) is 0 Å². The van der Waals surface area contributed by atoms with Crippen molar-refractivity contribution in [1.82, 2.24) is 4.90 Å². The van der Waals surface area contributed by atoms with Crippen molar-refractivity contribution in [2.75, 3.05) is 20.1 Å². The average molecular weight is 213 g/mol. The van der Waals surface area contributed by atoms with Crippen LogP contribution in [0.4, 0.5) is 0 Å². The first-order valence-corrected chi connectivity index (χ1v) is 6.28. The Labute approximate surface area is 97.8 Å². The minimum Gasteiger partial charge on any atom is -0.305 e. The summed E-state index contributed by atoms with van der Waals surface area (Å²) in [5.74, 6) is 1.67. The van der Waals surface area contributed by atoms with Crippen molar-refractivity contribution in [2.45, 2.75) is 12.8 Å². The van der Waals surface area contributed by atoms with Crippen molar-refractivity contribution in [2.24, 2.45) is 11.8 Å². The topological polar surface area (TPSA) is 3.24 Å². The molecular weight excluding hydrogens is 194 g/mol. The molecule has 0 spiro atoms. The smallest absolute Gasteiger partial charge is 0.00506 e. The van der Waals surface area contributed by atoms with Crippen LogP contribution in [0.3, 0.4) is 0 Å². The zero-order valence-electron chi connectivity index (χ0n) is 9.89. The van der Waals surface area contributed by atoms with Crippen molar-refractivity contribution in [1.29, 1.82) is 0 Å². The van der Waals surface area contributed by atoms with Crippen molar-refractivity contribution in [3.05, 3.63) is 42.0 Å². The van der Waals surface area contributed by atoms with Crippen LogP contribution in [0.2, 0.25) is 0 Å². The van der Waals surface area contributed by atoms with Crippen LogP contribution in [0.5, 0.6) is 0 Å². The summed E-state index contributed by atoms with van der Waals surface area (Å²) < 4.78 is 0. The number of benzene rings is 1. The van der Waals surface area contributed by atoms with Gasteiger partial charge in [-0.15, -0.1) is 0 Å². The fraction of sp³-hybridized carbons (Fsp3) is 0.467. The van der Waals surface area contributed by atoms with E-state index in [-0.39, 0.29) is 0 Å².